The zero-order valence-electron chi connectivity index (χ0n) is 14.1. The number of nitrogens with zero attached hydrogens (tertiary/aromatic N) is 4. The number of aromatic nitrogens is 3. The number of fused-ring (bicyclic) bond motifs is 1. The van der Waals surface area contributed by atoms with E-state index in [1.165, 1.54) is 0 Å². The van der Waals surface area contributed by atoms with Gasteiger partial charge in [0.2, 0.25) is 0 Å². The first-order valence-corrected chi connectivity index (χ1v) is 9.15. The monoisotopic (exact) mass is 406 g/mol. The molecule has 27 heavy (non-hydrogen) atoms. The Hall–Kier alpha value is -2.35. The van der Waals surface area contributed by atoms with Crippen molar-refractivity contribution in [3.8, 4) is 5.69 Å². The number of hydrogen-bond donors (Lipinski definition) is 2. The van der Waals surface area contributed by atoms with Crippen LogP contribution in [-0.4, -0.2) is 49.4 Å². The van der Waals surface area contributed by atoms with E-state index < -0.39 is 18.1 Å². The molecule has 3 aromatic rings. The first-order valence-electron chi connectivity index (χ1n) is 8.39. The third-order valence-corrected chi connectivity index (χ3v) is 5.60. The number of carboxylic acids is 1. The van der Waals surface area contributed by atoms with Crippen LogP contribution in [0.1, 0.15) is 12.8 Å². The molecule has 0 radical (unpaired) electrons. The molecule has 3 heterocycles. The molecule has 1 aliphatic heterocycles. The summed E-state index contributed by atoms with van der Waals surface area (Å²) in [6.07, 6.45) is 4.69. The van der Waals surface area contributed by atoms with Crippen molar-refractivity contribution >= 4 is 45.9 Å². The molecule has 2 atom stereocenters. The van der Waals surface area contributed by atoms with Crippen LogP contribution in [0, 0.1) is 0 Å². The number of carboxylic acid groups (broad SMARTS) is 1. The molecule has 9 heteroatoms. The smallest absolute Gasteiger partial charge is 0.305 e. The van der Waals surface area contributed by atoms with Gasteiger partial charge in [0.15, 0.2) is 0 Å². The summed E-state index contributed by atoms with van der Waals surface area (Å²) >= 11 is 12.6. The lowest BCUT2D eigenvalue weighted by Gasteiger charge is -2.27. The van der Waals surface area contributed by atoms with Crippen LogP contribution in [0.2, 0.25) is 10.0 Å². The normalized spacial score (nSPS) is 19.7. The summed E-state index contributed by atoms with van der Waals surface area (Å²) in [5.74, 6) is -0.430. The fourth-order valence-corrected chi connectivity index (χ4v) is 3.87. The second-order valence-electron chi connectivity index (χ2n) is 6.44. The Morgan fingerprint density at radius 3 is 2.85 bits per heavy atom. The Morgan fingerprint density at radius 2 is 2.15 bits per heavy atom. The minimum atomic E-state index is -0.970. The fourth-order valence-electron chi connectivity index (χ4n) is 3.51. The molecule has 0 aliphatic carbocycles. The van der Waals surface area contributed by atoms with Crippen molar-refractivity contribution in [1.29, 1.82) is 0 Å². The maximum Gasteiger partial charge on any atom is 0.305 e. The molecular formula is C18H16Cl2N4O3. The van der Waals surface area contributed by atoms with Crippen LogP contribution < -0.4 is 4.90 Å². The Balaban J connectivity index is 1.91. The van der Waals surface area contributed by atoms with E-state index in [1.807, 2.05) is 21.6 Å². The molecule has 7 nitrogen and oxygen atoms in total. The summed E-state index contributed by atoms with van der Waals surface area (Å²) in [7, 11) is 0. The standard InChI is InChI=1S/C18H16Cl2N4O3/c19-11-2-1-10-12(23-6-4-21-9-23)7-15(22-18(10)17(11)20)24-5-3-14(25)13(24)8-16(26)27/h1-2,4,6-7,9,13-14,25H,3,5,8H2,(H,26,27)/t13-,14-/m1/s1. The van der Waals surface area contributed by atoms with E-state index in [0.29, 0.717) is 34.3 Å². The predicted molar refractivity (Wildman–Crippen MR) is 103 cm³/mol. The third-order valence-electron chi connectivity index (χ3n) is 4.81. The van der Waals surface area contributed by atoms with Gasteiger partial charge in [-0.15, -0.1) is 0 Å². The molecule has 1 aliphatic rings. The molecule has 0 unspecified atom stereocenters. The van der Waals surface area contributed by atoms with Gasteiger partial charge in [0.05, 0.1) is 46.1 Å². The number of aliphatic hydroxyl groups is 1. The van der Waals surface area contributed by atoms with Crippen LogP contribution in [0.3, 0.4) is 0 Å². The Morgan fingerprint density at radius 1 is 1.33 bits per heavy atom. The van der Waals surface area contributed by atoms with Gasteiger partial charge in [0.1, 0.15) is 5.82 Å². The Kier molecular flexibility index (Phi) is 4.67. The molecule has 1 fully saturated rings. The van der Waals surface area contributed by atoms with Gasteiger partial charge in [0, 0.05) is 30.4 Å². The molecule has 0 bridgehead atoms. The summed E-state index contributed by atoms with van der Waals surface area (Å²) in [6.45, 7) is 0.499. The van der Waals surface area contributed by atoms with Gasteiger partial charge in [-0.05, 0) is 18.6 Å². The van der Waals surface area contributed by atoms with Crippen molar-refractivity contribution in [3.63, 3.8) is 0 Å². The van der Waals surface area contributed by atoms with Gasteiger partial charge in [-0.1, -0.05) is 23.2 Å². The first-order chi connectivity index (χ1) is 13.0. The second kappa shape index (κ2) is 6.99. The molecular weight excluding hydrogens is 391 g/mol. The topological polar surface area (TPSA) is 91.5 Å². The number of carbonyl (C=O) groups is 1. The SMILES string of the molecule is O=C(O)C[C@@H]1[C@H](O)CCN1c1cc(-n2ccnc2)c2ccc(Cl)c(Cl)c2n1. The molecule has 140 valence electrons. The maximum absolute atomic E-state index is 11.2. The number of rotatable bonds is 4. The molecule has 4 rings (SSSR count). The highest BCUT2D eigenvalue weighted by Gasteiger charge is 2.35. The van der Waals surface area contributed by atoms with Crippen LogP contribution in [0.25, 0.3) is 16.6 Å². The number of hydrogen-bond acceptors (Lipinski definition) is 5. The predicted octanol–water partition coefficient (Wildman–Crippen LogP) is 3.14. The molecule has 2 N–H and O–H groups in total. The summed E-state index contributed by atoms with van der Waals surface area (Å²) < 4.78 is 1.83. The number of aliphatic carboxylic acids is 1. The van der Waals surface area contributed by atoms with Crippen molar-refractivity contribution < 1.29 is 15.0 Å². The van der Waals surface area contributed by atoms with Crippen LogP contribution >= 0.6 is 23.2 Å². The minimum Gasteiger partial charge on any atom is -0.481 e. The van der Waals surface area contributed by atoms with Crippen molar-refractivity contribution in [2.75, 3.05) is 11.4 Å². The van der Waals surface area contributed by atoms with Gasteiger partial charge in [0.25, 0.3) is 0 Å². The number of benzene rings is 1. The molecule has 0 spiro atoms. The van der Waals surface area contributed by atoms with Crippen molar-refractivity contribution in [1.82, 2.24) is 14.5 Å². The van der Waals surface area contributed by atoms with E-state index in [4.69, 9.17) is 23.2 Å². The van der Waals surface area contributed by atoms with Crippen LogP contribution in [0.15, 0.2) is 36.9 Å². The van der Waals surface area contributed by atoms with Crippen molar-refractivity contribution in [3.05, 3.63) is 47.0 Å². The first kappa shape index (κ1) is 18.0. The lowest BCUT2D eigenvalue weighted by molar-refractivity contribution is -0.137. The summed E-state index contributed by atoms with van der Waals surface area (Å²) in [6, 6.07) is 4.84. The summed E-state index contributed by atoms with van der Waals surface area (Å²) in [5, 5.41) is 20.9. The van der Waals surface area contributed by atoms with E-state index in [0.717, 1.165) is 11.1 Å². The number of halogens is 2. The molecule has 1 aromatic carbocycles. The lowest BCUT2D eigenvalue weighted by atomic mass is 10.1. The number of anilines is 1. The molecule has 0 amide bonds. The van der Waals surface area contributed by atoms with Gasteiger partial charge in [-0.2, -0.15) is 0 Å². The zero-order valence-corrected chi connectivity index (χ0v) is 15.6. The van der Waals surface area contributed by atoms with Crippen LogP contribution in [-0.2, 0) is 4.79 Å². The van der Waals surface area contributed by atoms with E-state index in [2.05, 4.69) is 9.97 Å². The van der Waals surface area contributed by atoms with Crippen LogP contribution in [0.4, 0.5) is 5.82 Å². The Bertz CT molecular complexity index is 1010. The Labute approximate surface area is 164 Å². The van der Waals surface area contributed by atoms with E-state index in [1.54, 1.807) is 24.8 Å². The van der Waals surface area contributed by atoms with E-state index in [-0.39, 0.29) is 6.42 Å². The van der Waals surface area contributed by atoms with E-state index in [9.17, 15) is 15.0 Å². The molecule has 0 saturated carbocycles. The van der Waals surface area contributed by atoms with Crippen molar-refractivity contribution in [2.24, 2.45) is 0 Å². The fraction of sp³-hybridized carbons (Fsp3) is 0.278. The third kappa shape index (κ3) is 3.22. The summed E-state index contributed by atoms with van der Waals surface area (Å²) in [5.41, 5.74) is 1.31. The van der Waals surface area contributed by atoms with Crippen LogP contribution in [0.5, 0.6) is 0 Å². The van der Waals surface area contributed by atoms with Crippen molar-refractivity contribution in [2.45, 2.75) is 25.0 Å². The number of pyridine rings is 1. The molecule has 2 aromatic heterocycles. The average molecular weight is 407 g/mol. The van der Waals surface area contributed by atoms with Gasteiger partial charge < -0.3 is 19.7 Å². The molecule has 1 saturated heterocycles. The van der Waals surface area contributed by atoms with Gasteiger partial charge in [-0.25, -0.2) is 9.97 Å². The number of aliphatic hydroxyl groups excluding tert-OH is 1. The lowest BCUT2D eigenvalue weighted by Crippen LogP contribution is -2.37. The van der Waals surface area contributed by atoms with E-state index >= 15 is 0 Å². The average Bonchev–Trinajstić information content (AvgIpc) is 3.28. The van der Waals surface area contributed by atoms with Gasteiger partial charge >= 0.3 is 5.97 Å². The highest BCUT2D eigenvalue weighted by atomic mass is 35.5. The van der Waals surface area contributed by atoms with Gasteiger partial charge in [-0.3, -0.25) is 4.79 Å². The quantitative estimate of drug-likeness (QED) is 0.691. The number of imidazole rings is 1. The highest BCUT2D eigenvalue weighted by molar-refractivity contribution is 6.45. The summed E-state index contributed by atoms with van der Waals surface area (Å²) in [4.78, 5) is 21.8. The minimum absolute atomic E-state index is 0.176. The second-order valence-corrected chi connectivity index (χ2v) is 7.23. The highest BCUT2D eigenvalue weighted by Crippen LogP contribution is 2.36. The maximum atomic E-state index is 11.2. The largest absolute Gasteiger partial charge is 0.481 e. The zero-order chi connectivity index (χ0) is 19.1.